The van der Waals surface area contributed by atoms with E-state index in [9.17, 15) is 0 Å². The first kappa shape index (κ1) is 9.34. The van der Waals surface area contributed by atoms with Crippen LogP contribution in [-0.2, 0) is 6.61 Å². The number of nitrogens with zero attached hydrogens (tertiary/aromatic N) is 1. The summed E-state index contributed by atoms with van der Waals surface area (Å²) >= 11 is 0. The molecule has 1 fully saturated rings. The van der Waals surface area contributed by atoms with Gasteiger partial charge in [0.2, 0.25) is 0 Å². The predicted octanol–water partition coefficient (Wildman–Crippen LogP) is 1.36. The first-order valence-corrected chi connectivity index (χ1v) is 5.05. The number of anilines is 2. The maximum absolute atomic E-state index is 9.06. The minimum Gasteiger partial charge on any atom is -0.399 e. The van der Waals surface area contributed by atoms with Crippen molar-refractivity contribution < 1.29 is 5.11 Å². The van der Waals surface area contributed by atoms with Gasteiger partial charge in [0.25, 0.3) is 0 Å². The quantitative estimate of drug-likeness (QED) is 0.696. The molecular formula is C11H16N2O. The Morgan fingerprint density at radius 3 is 2.57 bits per heavy atom. The van der Waals surface area contributed by atoms with Gasteiger partial charge >= 0.3 is 0 Å². The summed E-state index contributed by atoms with van der Waals surface area (Å²) in [6.45, 7) is 2.27. The molecule has 1 saturated heterocycles. The molecule has 3 N–H and O–H groups in total. The average molecular weight is 192 g/mol. The van der Waals surface area contributed by atoms with E-state index in [4.69, 9.17) is 10.8 Å². The molecule has 0 saturated carbocycles. The van der Waals surface area contributed by atoms with Crippen molar-refractivity contribution >= 4 is 11.4 Å². The largest absolute Gasteiger partial charge is 0.399 e. The van der Waals surface area contributed by atoms with Crippen molar-refractivity contribution in [1.82, 2.24) is 0 Å². The standard InChI is InChI=1S/C11H16N2O/c12-10-5-9(8-14)6-11(7-10)13-3-1-2-4-13/h5-7,14H,1-4,8,12H2. The molecule has 0 radical (unpaired) electrons. The van der Waals surface area contributed by atoms with E-state index in [1.807, 2.05) is 18.2 Å². The lowest BCUT2D eigenvalue weighted by atomic mass is 10.1. The van der Waals surface area contributed by atoms with Crippen LogP contribution in [-0.4, -0.2) is 18.2 Å². The smallest absolute Gasteiger partial charge is 0.0683 e. The van der Waals surface area contributed by atoms with Gasteiger partial charge < -0.3 is 15.7 Å². The summed E-state index contributed by atoms with van der Waals surface area (Å²) < 4.78 is 0. The first-order chi connectivity index (χ1) is 6.79. The van der Waals surface area contributed by atoms with Gasteiger partial charge in [0.15, 0.2) is 0 Å². The fourth-order valence-electron chi connectivity index (χ4n) is 1.95. The van der Waals surface area contributed by atoms with Crippen LogP contribution in [0.25, 0.3) is 0 Å². The third-order valence-corrected chi connectivity index (χ3v) is 2.65. The number of rotatable bonds is 2. The molecule has 1 heterocycles. The summed E-state index contributed by atoms with van der Waals surface area (Å²) in [6, 6.07) is 5.81. The molecular weight excluding hydrogens is 176 g/mol. The van der Waals surface area contributed by atoms with Crippen LogP contribution in [0.2, 0.25) is 0 Å². The van der Waals surface area contributed by atoms with E-state index in [-0.39, 0.29) is 6.61 Å². The molecule has 0 atom stereocenters. The molecule has 1 aromatic rings. The molecule has 2 rings (SSSR count). The molecule has 3 heteroatoms. The molecule has 76 valence electrons. The predicted molar refractivity (Wildman–Crippen MR) is 58.2 cm³/mol. The minimum absolute atomic E-state index is 0.0614. The molecule has 0 aromatic heterocycles. The Kier molecular flexibility index (Phi) is 2.59. The van der Waals surface area contributed by atoms with Gasteiger partial charge in [0, 0.05) is 24.5 Å². The summed E-state index contributed by atoms with van der Waals surface area (Å²) in [5.74, 6) is 0. The Bertz CT molecular complexity index is 319. The van der Waals surface area contributed by atoms with Crippen molar-refractivity contribution in [2.24, 2.45) is 0 Å². The summed E-state index contributed by atoms with van der Waals surface area (Å²) in [6.07, 6.45) is 2.51. The molecule has 0 aliphatic carbocycles. The van der Waals surface area contributed by atoms with Gasteiger partial charge in [-0.05, 0) is 36.6 Å². The lowest BCUT2D eigenvalue weighted by molar-refractivity contribution is 0.282. The van der Waals surface area contributed by atoms with E-state index >= 15 is 0 Å². The van der Waals surface area contributed by atoms with Crippen molar-refractivity contribution in [2.75, 3.05) is 23.7 Å². The van der Waals surface area contributed by atoms with Crippen LogP contribution in [0.3, 0.4) is 0 Å². The average Bonchev–Trinajstić information content (AvgIpc) is 2.69. The highest BCUT2D eigenvalue weighted by atomic mass is 16.3. The second kappa shape index (κ2) is 3.88. The van der Waals surface area contributed by atoms with Crippen LogP contribution < -0.4 is 10.6 Å². The fourth-order valence-corrected chi connectivity index (χ4v) is 1.95. The zero-order chi connectivity index (χ0) is 9.97. The monoisotopic (exact) mass is 192 g/mol. The second-order valence-corrected chi connectivity index (χ2v) is 3.79. The van der Waals surface area contributed by atoms with E-state index in [0.29, 0.717) is 0 Å². The fraction of sp³-hybridized carbons (Fsp3) is 0.455. The molecule has 0 bridgehead atoms. The van der Waals surface area contributed by atoms with Crippen molar-refractivity contribution in [3.63, 3.8) is 0 Å². The number of aliphatic hydroxyl groups is 1. The zero-order valence-corrected chi connectivity index (χ0v) is 8.24. The normalized spacial score (nSPS) is 16.2. The number of hydrogen-bond acceptors (Lipinski definition) is 3. The summed E-state index contributed by atoms with van der Waals surface area (Å²) in [4.78, 5) is 2.32. The maximum Gasteiger partial charge on any atom is 0.0683 e. The van der Waals surface area contributed by atoms with Gasteiger partial charge in [-0.1, -0.05) is 0 Å². The number of nitrogens with two attached hydrogens (primary N) is 1. The molecule has 1 aliphatic heterocycles. The Labute approximate surface area is 84.1 Å². The highest BCUT2D eigenvalue weighted by molar-refractivity contribution is 5.58. The Morgan fingerprint density at radius 2 is 1.93 bits per heavy atom. The van der Waals surface area contributed by atoms with Crippen LogP contribution in [0.15, 0.2) is 18.2 Å². The molecule has 3 nitrogen and oxygen atoms in total. The highest BCUT2D eigenvalue weighted by Crippen LogP contribution is 2.24. The van der Waals surface area contributed by atoms with E-state index in [0.717, 1.165) is 30.0 Å². The molecule has 0 spiro atoms. The maximum atomic E-state index is 9.06. The summed E-state index contributed by atoms with van der Waals surface area (Å²) in [5, 5.41) is 9.06. The van der Waals surface area contributed by atoms with Crippen molar-refractivity contribution in [3.05, 3.63) is 23.8 Å². The third-order valence-electron chi connectivity index (χ3n) is 2.65. The molecule has 1 aliphatic rings. The molecule has 1 aromatic carbocycles. The zero-order valence-electron chi connectivity index (χ0n) is 8.24. The van der Waals surface area contributed by atoms with Crippen molar-refractivity contribution in [3.8, 4) is 0 Å². The lowest BCUT2D eigenvalue weighted by Crippen LogP contribution is -2.17. The van der Waals surface area contributed by atoms with Gasteiger partial charge in [0.1, 0.15) is 0 Å². The van der Waals surface area contributed by atoms with Crippen LogP contribution >= 0.6 is 0 Å². The first-order valence-electron chi connectivity index (χ1n) is 5.05. The molecule has 0 amide bonds. The highest BCUT2D eigenvalue weighted by Gasteiger charge is 2.12. The Morgan fingerprint density at radius 1 is 1.21 bits per heavy atom. The topological polar surface area (TPSA) is 49.5 Å². The lowest BCUT2D eigenvalue weighted by Gasteiger charge is -2.18. The van der Waals surface area contributed by atoms with Gasteiger partial charge in [-0.2, -0.15) is 0 Å². The van der Waals surface area contributed by atoms with E-state index in [1.54, 1.807) is 0 Å². The minimum atomic E-state index is 0.0614. The van der Waals surface area contributed by atoms with Gasteiger partial charge in [0.05, 0.1) is 6.61 Å². The summed E-state index contributed by atoms with van der Waals surface area (Å²) in [7, 11) is 0. The van der Waals surface area contributed by atoms with E-state index in [2.05, 4.69) is 4.90 Å². The van der Waals surface area contributed by atoms with Crippen LogP contribution in [0.5, 0.6) is 0 Å². The van der Waals surface area contributed by atoms with Crippen LogP contribution in [0.4, 0.5) is 11.4 Å². The third kappa shape index (κ3) is 1.82. The van der Waals surface area contributed by atoms with Crippen LogP contribution in [0, 0.1) is 0 Å². The number of benzene rings is 1. The van der Waals surface area contributed by atoms with Crippen LogP contribution in [0.1, 0.15) is 18.4 Å². The van der Waals surface area contributed by atoms with Gasteiger partial charge in [-0.15, -0.1) is 0 Å². The second-order valence-electron chi connectivity index (χ2n) is 3.79. The number of hydrogen-bond donors (Lipinski definition) is 2. The molecule has 14 heavy (non-hydrogen) atoms. The number of aliphatic hydroxyl groups excluding tert-OH is 1. The van der Waals surface area contributed by atoms with E-state index < -0.39 is 0 Å². The van der Waals surface area contributed by atoms with Gasteiger partial charge in [-0.25, -0.2) is 0 Å². The Hall–Kier alpha value is -1.22. The van der Waals surface area contributed by atoms with Gasteiger partial charge in [-0.3, -0.25) is 0 Å². The van der Waals surface area contributed by atoms with Crippen molar-refractivity contribution in [1.29, 1.82) is 0 Å². The Balaban J connectivity index is 2.27. The van der Waals surface area contributed by atoms with Crippen molar-refractivity contribution in [2.45, 2.75) is 19.4 Å². The molecule has 0 unspecified atom stereocenters. The van der Waals surface area contributed by atoms with E-state index in [1.165, 1.54) is 12.8 Å². The SMILES string of the molecule is Nc1cc(CO)cc(N2CCCC2)c1. The summed E-state index contributed by atoms with van der Waals surface area (Å²) in [5.41, 5.74) is 8.54. The number of nitrogen functional groups attached to an aromatic ring is 1.